The molecule has 2 aromatic rings. The monoisotopic (exact) mass is 454 g/mol. The molecule has 0 aliphatic rings. The van der Waals surface area contributed by atoms with E-state index in [1.165, 1.54) is 63.9 Å². The zero-order valence-electron chi connectivity index (χ0n) is 20.6. The number of rotatable bonds is 18. The topological polar surface area (TPSA) is 55.8 Å². The summed E-state index contributed by atoms with van der Waals surface area (Å²) in [6.07, 6.45) is 14.6. The van der Waals surface area contributed by atoms with Gasteiger partial charge in [0.05, 0.1) is 18.8 Å². The van der Waals surface area contributed by atoms with Crippen LogP contribution in [-0.4, -0.2) is 24.1 Å². The Morgan fingerprint density at radius 1 is 0.667 bits per heavy atom. The van der Waals surface area contributed by atoms with Crippen molar-refractivity contribution < 1.29 is 19.4 Å². The van der Waals surface area contributed by atoms with E-state index in [4.69, 9.17) is 9.47 Å². The second-order valence-electron chi connectivity index (χ2n) is 8.76. The number of benzene rings is 2. The fraction of sp³-hybridized carbons (Fsp3) is 0.552. The molecule has 4 nitrogen and oxygen atoms in total. The van der Waals surface area contributed by atoms with Crippen LogP contribution in [0.25, 0.3) is 0 Å². The van der Waals surface area contributed by atoms with Gasteiger partial charge >= 0.3 is 0 Å². The van der Waals surface area contributed by atoms with E-state index in [0.29, 0.717) is 24.5 Å². The molecule has 2 rings (SSSR count). The summed E-state index contributed by atoms with van der Waals surface area (Å²) in [5, 5.41) is 10.4. The van der Waals surface area contributed by atoms with Crippen molar-refractivity contribution in [2.75, 3.05) is 13.2 Å². The van der Waals surface area contributed by atoms with Crippen LogP contribution in [0.1, 0.15) is 107 Å². The van der Waals surface area contributed by atoms with Gasteiger partial charge in [0.25, 0.3) is 0 Å². The second kappa shape index (κ2) is 16.2. The van der Waals surface area contributed by atoms with Crippen LogP contribution in [0.15, 0.2) is 42.5 Å². The molecule has 0 spiro atoms. The Kier molecular flexibility index (Phi) is 13.1. The third kappa shape index (κ3) is 10.3. The molecule has 0 amide bonds. The smallest absolute Gasteiger partial charge is 0.196 e. The molecule has 0 unspecified atom stereocenters. The van der Waals surface area contributed by atoms with Crippen molar-refractivity contribution in [3.8, 4) is 17.2 Å². The molecule has 33 heavy (non-hydrogen) atoms. The first-order valence-electron chi connectivity index (χ1n) is 12.9. The van der Waals surface area contributed by atoms with Crippen molar-refractivity contribution >= 4 is 5.78 Å². The highest BCUT2D eigenvalue weighted by atomic mass is 16.5. The Morgan fingerprint density at radius 3 is 1.70 bits per heavy atom. The average Bonchev–Trinajstić information content (AvgIpc) is 2.83. The van der Waals surface area contributed by atoms with E-state index in [-0.39, 0.29) is 17.1 Å². The first kappa shape index (κ1) is 26.8. The van der Waals surface area contributed by atoms with Crippen LogP contribution in [0.2, 0.25) is 0 Å². The van der Waals surface area contributed by atoms with Crippen LogP contribution in [0.5, 0.6) is 17.2 Å². The fourth-order valence-electron chi connectivity index (χ4n) is 3.80. The number of hydrogen-bond acceptors (Lipinski definition) is 4. The number of carbonyl (C=O) groups excluding carboxylic acids is 1. The minimum Gasteiger partial charge on any atom is -0.507 e. The first-order valence-corrected chi connectivity index (χ1v) is 12.9. The third-order valence-corrected chi connectivity index (χ3v) is 5.86. The molecule has 0 bridgehead atoms. The van der Waals surface area contributed by atoms with Gasteiger partial charge in [-0.15, -0.1) is 0 Å². The number of unbranched alkanes of at least 4 members (excludes halogenated alkanes) is 10. The standard InChI is InChI=1S/C29H42O4/c1-3-5-7-9-11-13-21-32-25-17-15-24(16-18-25)29(31)27-20-19-26(23-28(27)30)33-22-14-12-10-8-6-4-2/h15-20,23,30H,3-14,21-22H2,1-2H3. The number of aromatic hydroxyl groups is 1. The summed E-state index contributed by atoms with van der Waals surface area (Å²) in [5.74, 6) is 1.10. The van der Waals surface area contributed by atoms with E-state index in [0.717, 1.165) is 25.0 Å². The maximum absolute atomic E-state index is 12.8. The Labute approximate surface area is 200 Å². The van der Waals surface area contributed by atoms with E-state index in [1.54, 1.807) is 24.3 Å². The van der Waals surface area contributed by atoms with Gasteiger partial charge in [0.1, 0.15) is 17.2 Å². The van der Waals surface area contributed by atoms with Crippen LogP contribution in [0.4, 0.5) is 0 Å². The van der Waals surface area contributed by atoms with Gasteiger partial charge in [0.2, 0.25) is 0 Å². The molecule has 4 heteroatoms. The lowest BCUT2D eigenvalue weighted by molar-refractivity contribution is 0.103. The summed E-state index contributed by atoms with van der Waals surface area (Å²) in [6.45, 7) is 5.76. The molecule has 0 aliphatic carbocycles. The minimum absolute atomic E-state index is 0.0520. The fourth-order valence-corrected chi connectivity index (χ4v) is 3.80. The molecule has 0 heterocycles. The van der Waals surface area contributed by atoms with Crippen LogP contribution < -0.4 is 9.47 Å². The van der Waals surface area contributed by atoms with Gasteiger partial charge in [-0.3, -0.25) is 4.79 Å². The lowest BCUT2D eigenvalue weighted by atomic mass is 10.0. The van der Waals surface area contributed by atoms with E-state index >= 15 is 0 Å². The van der Waals surface area contributed by atoms with Crippen LogP contribution in [-0.2, 0) is 0 Å². The summed E-state index contributed by atoms with van der Waals surface area (Å²) < 4.78 is 11.5. The highest BCUT2D eigenvalue weighted by Crippen LogP contribution is 2.27. The van der Waals surface area contributed by atoms with E-state index in [9.17, 15) is 9.90 Å². The Morgan fingerprint density at radius 2 is 1.15 bits per heavy atom. The molecule has 0 aromatic heterocycles. The van der Waals surface area contributed by atoms with Gasteiger partial charge in [-0.1, -0.05) is 78.1 Å². The van der Waals surface area contributed by atoms with Crippen LogP contribution in [0.3, 0.4) is 0 Å². The Hall–Kier alpha value is -2.49. The van der Waals surface area contributed by atoms with Gasteiger partial charge < -0.3 is 14.6 Å². The average molecular weight is 455 g/mol. The van der Waals surface area contributed by atoms with E-state index in [2.05, 4.69) is 13.8 Å². The molecule has 0 aliphatic heterocycles. The normalized spacial score (nSPS) is 10.8. The molecule has 2 aromatic carbocycles. The first-order chi connectivity index (χ1) is 16.2. The largest absolute Gasteiger partial charge is 0.507 e. The number of phenols is 1. The lowest BCUT2D eigenvalue weighted by Gasteiger charge is -2.10. The Balaban J connectivity index is 1.76. The summed E-state index contributed by atoms with van der Waals surface area (Å²) in [7, 11) is 0. The summed E-state index contributed by atoms with van der Waals surface area (Å²) in [6, 6.07) is 12.1. The summed E-state index contributed by atoms with van der Waals surface area (Å²) in [4.78, 5) is 12.8. The van der Waals surface area contributed by atoms with Crippen molar-refractivity contribution in [3.63, 3.8) is 0 Å². The molecule has 0 atom stereocenters. The van der Waals surface area contributed by atoms with E-state index < -0.39 is 0 Å². The predicted octanol–water partition coefficient (Wildman–Crippen LogP) is 8.10. The number of hydrogen-bond donors (Lipinski definition) is 1. The molecular weight excluding hydrogens is 412 g/mol. The van der Waals surface area contributed by atoms with Gasteiger partial charge in [-0.25, -0.2) is 0 Å². The van der Waals surface area contributed by atoms with Crippen LogP contribution in [0, 0.1) is 0 Å². The predicted molar refractivity (Wildman–Crippen MR) is 136 cm³/mol. The highest BCUT2D eigenvalue weighted by molar-refractivity contribution is 6.10. The molecule has 0 fully saturated rings. The number of phenolic OH excluding ortho intramolecular Hbond substituents is 1. The highest BCUT2D eigenvalue weighted by Gasteiger charge is 2.14. The number of ether oxygens (including phenoxy) is 2. The zero-order valence-corrected chi connectivity index (χ0v) is 20.6. The maximum atomic E-state index is 12.8. The maximum Gasteiger partial charge on any atom is 0.196 e. The molecule has 182 valence electrons. The van der Waals surface area contributed by atoms with Gasteiger partial charge in [0.15, 0.2) is 5.78 Å². The lowest BCUT2D eigenvalue weighted by Crippen LogP contribution is -2.03. The van der Waals surface area contributed by atoms with Crippen molar-refractivity contribution in [1.82, 2.24) is 0 Å². The minimum atomic E-state index is -0.211. The Bertz CT molecular complexity index is 798. The van der Waals surface area contributed by atoms with Crippen molar-refractivity contribution in [2.45, 2.75) is 90.9 Å². The van der Waals surface area contributed by atoms with E-state index in [1.807, 2.05) is 12.1 Å². The van der Waals surface area contributed by atoms with Gasteiger partial charge in [-0.05, 0) is 49.2 Å². The quantitative estimate of drug-likeness (QED) is 0.183. The molecule has 0 saturated carbocycles. The van der Waals surface area contributed by atoms with Crippen molar-refractivity contribution in [3.05, 3.63) is 53.6 Å². The molecule has 1 N–H and O–H groups in total. The summed E-state index contributed by atoms with van der Waals surface area (Å²) in [5.41, 5.74) is 0.806. The number of ketones is 1. The second-order valence-corrected chi connectivity index (χ2v) is 8.76. The molecule has 0 radical (unpaired) electrons. The summed E-state index contributed by atoms with van der Waals surface area (Å²) >= 11 is 0. The van der Waals surface area contributed by atoms with Gasteiger partial charge in [-0.2, -0.15) is 0 Å². The zero-order chi connectivity index (χ0) is 23.7. The molecule has 0 saturated heterocycles. The SMILES string of the molecule is CCCCCCCCOc1ccc(C(=O)c2ccc(OCCCCCCCC)cc2O)cc1. The van der Waals surface area contributed by atoms with Gasteiger partial charge in [0, 0.05) is 11.6 Å². The number of carbonyl (C=O) groups is 1. The van der Waals surface area contributed by atoms with Crippen molar-refractivity contribution in [1.29, 1.82) is 0 Å². The van der Waals surface area contributed by atoms with Crippen LogP contribution >= 0.6 is 0 Å². The van der Waals surface area contributed by atoms with Crippen molar-refractivity contribution in [2.24, 2.45) is 0 Å². The molecular formula is C29H42O4. The third-order valence-electron chi connectivity index (χ3n) is 5.86.